The Bertz CT molecular complexity index is 820. The number of hydrogen-bond acceptors (Lipinski definition) is 6. The molecule has 0 unspecified atom stereocenters. The van der Waals surface area contributed by atoms with Crippen LogP contribution in [-0.4, -0.2) is 45.5 Å². The van der Waals surface area contributed by atoms with Gasteiger partial charge in [-0.15, -0.1) is 5.10 Å². The van der Waals surface area contributed by atoms with Crippen LogP contribution in [0.5, 0.6) is 0 Å². The molecule has 28 heavy (non-hydrogen) atoms. The third-order valence-electron chi connectivity index (χ3n) is 4.87. The van der Waals surface area contributed by atoms with Crippen LogP contribution in [0.15, 0.2) is 35.5 Å². The molecule has 1 aromatic carbocycles. The van der Waals surface area contributed by atoms with Gasteiger partial charge in [-0.2, -0.15) is 0 Å². The fourth-order valence-electron chi connectivity index (χ4n) is 2.87. The zero-order valence-corrected chi connectivity index (χ0v) is 17.2. The number of nitrogens with one attached hydrogen (secondary N) is 1. The Morgan fingerprint density at radius 3 is 2.64 bits per heavy atom. The lowest BCUT2D eigenvalue weighted by atomic mass is 9.99. The molecule has 0 saturated heterocycles. The Morgan fingerprint density at radius 2 is 2.04 bits per heavy atom. The SMILES string of the molecule is CC[C@@H](C)[C@@H](NC(=O)CSc1nc(C2CC2)n(-c2ccccc2)n1)C(=O)OC. The number of thioether (sulfide) groups is 1. The van der Waals surface area contributed by atoms with Gasteiger partial charge < -0.3 is 10.1 Å². The Balaban J connectivity index is 1.66. The third kappa shape index (κ3) is 4.92. The number of methoxy groups -OCH3 is 1. The van der Waals surface area contributed by atoms with Gasteiger partial charge in [0, 0.05) is 5.92 Å². The van der Waals surface area contributed by atoms with Crippen LogP contribution in [-0.2, 0) is 14.3 Å². The van der Waals surface area contributed by atoms with Gasteiger partial charge in [0.15, 0.2) is 0 Å². The zero-order valence-electron chi connectivity index (χ0n) is 16.4. The first-order chi connectivity index (χ1) is 13.5. The van der Waals surface area contributed by atoms with Crippen molar-refractivity contribution in [3.63, 3.8) is 0 Å². The van der Waals surface area contributed by atoms with Crippen LogP contribution in [0.1, 0.15) is 44.9 Å². The van der Waals surface area contributed by atoms with Crippen LogP contribution in [0.25, 0.3) is 5.69 Å². The summed E-state index contributed by atoms with van der Waals surface area (Å²) in [6.07, 6.45) is 3.00. The van der Waals surface area contributed by atoms with Gasteiger partial charge in [-0.3, -0.25) is 4.79 Å². The number of carbonyl (C=O) groups excluding carboxylic acids is 2. The molecule has 7 nitrogen and oxygen atoms in total. The molecule has 150 valence electrons. The van der Waals surface area contributed by atoms with E-state index in [1.54, 1.807) is 0 Å². The first-order valence-electron chi connectivity index (χ1n) is 9.55. The summed E-state index contributed by atoms with van der Waals surface area (Å²) in [7, 11) is 1.33. The van der Waals surface area contributed by atoms with Gasteiger partial charge in [0.2, 0.25) is 11.1 Å². The van der Waals surface area contributed by atoms with Gasteiger partial charge in [-0.25, -0.2) is 14.5 Å². The highest BCUT2D eigenvalue weighted by Gasteiger charge is 2.31. The Hall–Kier alpha value is -2.35. The first kappa shape index (κ1) is 20.4. The molecule has 2 atom stereocenters. The standard InChI is InChI=1S/C20H26N4O3S/c1-4-13(2)17(19(26)27-3)21-16(25)12-28-20-22-18(14-10-11-14)24(23-20)15-8-6-5-7-9-15/h5-9,13-14,17H,4,10-12H2,1-3H3,(H,21,25)/t13-,17-/m1/s1. The maximum Gasteiger partial charge on any atom is 0.328 e. The van der Waals surface area contributed by atoms with E-state index >= 15 is 0 Å². The number of carbonyl (C=O) groups is 2. The van der Waals surface area contributed by atoms with Crippen molar-refractivity contribution in [1.82, 2.24) is 20.1 Å². The second kappa shape index (κ2) is 9.23. The quantitative estimate of drug-likeness (QED) is 0.513. The molecule has 0 spiro atoms. The number of esters is 1. The van der Waals surface area contributed by atoms with Crippen molar-refractivity contribution in [2.45, 2.75) is 50.2 Å². The van der Waals surface area contributed by atoms with Crippen molar-refractivity contribution in [2.75, 3.05) is 12.9 Å². The molecule has 0 aliphatic heterocycles. The van der Waals surface area contributed by atoms with E-state index < -0.39 is 12.0 Å². The topological polar surface area (TPSA) is 86.1 Å². The summed E-state index contributed by atoms with van der Waals surface area (Å²) >= 11 is 1.28. The highest BCUT2D eigenvalue weighted by Crippen LogP contribution is 2.40. The third-order valence-corrected chi connectivity index (χ3v) is 5.71. The van der Waals surface area contributed by atoms with Gasteiger partial charge in [-0.1, -0.05) is 50.2 Å². The number of aromatic nitrogens is 3. The highest BCUT2D eigenvalue weighted by molar-refractivity contribution is 7.99. The Kier molecular flexibility index (Phi) is 6.72. The summed E-state index contributed by atoms with van der Waals surface area (Å²) in [5.74, 6) is 0.872. The molecule has 1 aliphatic carbocycles. The minimum atomic E-state index is -0.639. The molecule has 1 amide bonds. The maximum absolute atomic E-state index is 12.4. The summed E-state index contributed by atoms with van der Waals surface area (Å²) in [5, 5.41) is 7.94. The van der Waals surface area contributed by atoms with Crippen LogP contribution in [0.3, 0.4) is 0 Å². The van der Waals surface area contributed by atoms with E-state index in [9.17, 15) is 9.59 Å². The van der Waals surface area contributed by atoms with Gasteiger partial charge in [-0.05, 0) is 30.9 Å². The van der Waals surface area contributed by atoms with E-state index in [1.807, 2.05) is 48.9 Å². The van der Waals surface area contributed by atoms with Crippen molar-refractivity contribution in [2.24, 2.45) is 5.92 Å². The van der Waals surface area contributed by atoms with Crippen LogP contribution in [0.4, 0.5) is 0 Å². The predicted molar refractivity (Wildman–Crippen MR) is 107 cm³/mol. The molecule has 1 aromatic heterocycles. The highest BCUT2D eigenvalue weighted by atomic mass is 32.2. The van der Waals surface area contributed by atoms with Crippen molar-refractivity contribution < 1.29 is 14.3 Å². The zero-order chi connectivity index (χ0) is 20.1. The van der Waals surface area contributed by atoms with Gasteiger partial charge in [0.05, 0.1) is 18.6 Å². The fraction of sp³-hybridized carbons (Fsp3) is 0.500. The predicted octanol–water partition coefficient (Wildman–Crippen LogP) is 2.94. The maximum atomic E-state index is 12.4. The number of ether oxygens (including phenoxy) is 1. The molecule has 1 aliphatic rings. The minimum absolute atomic E-state index is 0.00159. The van der Waals surface area contributed by atoms with Crippen LogP contribution >= 0.6 is 11.8 Å². The average Bonchev–Trinajstić information content (AvgIpc) is 3.49. The van der Waals surface area contributed by atoms with E-state index in [4.69, 9.17) is 4.74 Å². The van der Waals surface area contributed by atoms with Gasteiger partial charge in [0.1, 0.15) is 11.9 Å². The number of nitrogens with zero attached hydrogens (tertiary/aromatic N) is 3. The molecule has 1 heterocycles. The van der Waals surface area contributed by atoms with E-state index in [-0.39, 0.29) is 17.6 Å². The molecule has 3 rings (SSSR count). The lowest BCUT2D eigenvalue weighted by Crippen LogP contribution is -2.46. The monoisotopic (exact) mass is 402 g/mol. The number of hydrogen-bond donors (Lipinski definition) is 1. The Labute approximate surface area is 169 Å². The molecule has 1 N–H and O–H groups in total. The number of amides is 1. The summed E-state index contributed by atoms with van der Waals surface area (Å²) in [6, 6.07) is 9.25. The first-order valence-corrected chi connectivity index (χ1v) is 10.5. The number of para-hydroxylation sites is 1. The van der Waals surface area contributed by atoms with E-state index in [0.29, 0.717) is 11.1 Å². The summed E-state index contributed by atoms with van der Waals surface area (Å²) in [6.45, 7) is 3.89. The normalized spacial score (nSPS) is 15.7. The molecular formula is C20H26N4O3S. The van der Waals surface area contributed by atoms with E-state index in [2.05, 4.69) is 15.4 Å². The lowest BCUT2D eigenvalue weighted by Gasteiger charge is -2.21. The van der Waals surface area contributed by atoms with Crippen molar-refractivity contribution in [3.8, 4) is 5.69 Å². The molecule has 8 heteroatoms. The van der Waals surface area contributed by atoms with Crippen molar-refractivity contribution >= 4 is 23.6 Å². The molecule has 2 aromatic rings. The largest absolute Gasteiger partial charge is 0.467 e. The van der Waals surface area contributed by atoms with Gasteiger partial charge >= 0.3 is 5.97 Å². The second-order valence-electron chi connectivity index (χ2n) is 7.02. The molecular weight excluding hydrogens is 376 g/mol. The smallest absolute Gasteiger partial charge is 0.328 e. The Morgan fingerprint density at radius 1 is 1.32 bits per heavy atom. The van der Waals surface area contributed by atoms with Gasteiger partial charge in [0.25, 0.3) is 0 Å². The van der Waals surface area contributed by atoms with Crippen LogP contribution in [0, 0.1) is 5.92 Å². The van der Waals surface area contributed by atoms with Crippen LogP contribution in [0.2, 0.25) is 0 Å². The number of rotatable bonds is 9. The van der Waals surface area contributed by atoms with Crippen LogP contribution < -0.4 is 5.32 Å². The summed E-state index contributed by atoms with van der Waals surface area (Å²) in [4.78, 5) is 29.0. The average molecular weight is 403 g/mol. The molecule has 0 bridgehead atoms. The lowest BCUT2D eigenvalue weighted by molar-refractivity contribution is -0.146. The van der Waals surface area contributed by atoms with E-state index in [0.717, 1.165) is 30.8 Å². The van der Waals surface area contributed by atoms with E-state index in [1.165, 1.54) is 18.9 Å². The molecule has 0 radical (unpaired) electrons. The molecule has 1 saturated carbocycles. The van der Waals surface area contributed by atoms with Crippen molar-refractivity contribution in [3.05, 3.63) is 36.2 Å². The second-order valence-corrected chi connectivity index (χ2v) is 7.96. The summed E-state index contributed by atoms with van der Waals surface area (Å²) in [5.41, 5.74) is 0.968. The molecule has 1 fully saturated rings. The summed E-state index contributed by atoms with van der Waals surface area (Å²) < 4.78 is 6.68. The minimum Gasteiger partial charge on any atom is -0.467 e. The fourth-order valence-corrected chi connectivity index (χ4v) is 3.51. The van der Waals surface area contributed by atoms with Crippen molar-refractivity contribution in [1.29, 1.82) is 0 Å². The number of benzene rings is 1.